The molecule has 0 bridgehead atoms. The first-order valence-corrected chi connectivity index (χ1v) is 13.4. The van der Waals surface area contributed by atoms with Crippen molar-refractivity contribution in [3.05, 3.63) is 65.7 Å². The van der Waals surface area contributed by atoms with Crippen molar-refractivity contribution in [3.8, 4) is 0 Å². The first-order chi connectivity index (χ1) is 16.8. The number of nitrogens with zero attached hydrogens (tertiary/aromatic N) is 3. The van der Waals surface area contributed by atoms with E-state index in [1.54, 1.807) is 22.4 Å². The Hall–Kier alpha value is -3.09. The number of amides is 1. The third-order valence-corrected chi connectivity index (χ3v) is 7.69. The second-order valence-corrected chi connectivity index (χ2v) is 10.5. The number of aromatic nitrogens is 1. The number of carbonyl (C=O) groups is 1. The molecule has 0 unspecified atom stereocenters. The van der Waals surface area contributed by atoms with Crippen LogP contribution in [0.5, 0.6) is 0 Å². The fourth-order valence-electron chi connectivity index (χ4n) is 3.82. The maximum absolute atomic E-state index is 12.9. The molecule has 5 rings (SSSR count). The summed E-state index contributed by atoms with van der Waals surface area (Å²) in [5.41, 5.74) is 1.36. The number of halogens is 2. The van der Waals surface area contributed by atoms with Gasteiger partial charge in [-0.25, -0.2) is 22.2 Å². The van der Waals surface area contributed by atoms with Gasteiger partial charge in [-0.3, -0.25) is 9.52 Å². The van der Waals surface area contributed by atoms with Gasteiger partial charge in [0.05, 0.1) is 4.90 Å². The summed E-state index contributed by atoms with van der Waals surface area (Å²) < 4.78 is 52.6. The van der Waals surface area contributed by atoms with Crippen LogP contribution in [0.15, 0.2) is 58.9 Å². The summed E-state index contributed by atoms with van der Waals surface area (Å²) in [4.78, 5) is 19.3. The number of rotatable bonds is 5. The minimum Gasteiger partial charge on any atom is -0.369 e. The van der Waals surface area contributed by atoms with Gasteiger partial charge in [0.1, 0.15) is 11.6 Å². The van der Waals surface area contributed by atoms with E-state index in [1.165, 1.54) is 41.8 Å². The van der Waals surface area contributed by atoms with Crippen molar-refractivity contribution in [2.45, 2.75) is 17.7 Å². The molecular formula is C23H29F2N5O3S2. The fraction of sp³-hybridized carbons (Fsp3) is 0.304. The summed E-state index contributed by atoms with van der Waals surface area (Å²) in [6, 6.07) is 9.93. The van der Waals surface area contributed by atoms with Gasteiger partial charge in [-0.1, -0.05) is 0 Å². The highest BCUT2D eigenvalue weighted by Gasteiger charge is 2.22. The van der Waals surface area contributed by atoms with Crippen LogP contribution < -0.4 is 19.8 Å². The van der Waals surface area contributed by atoms with Crippen molar-refractivity contribution < 1.29 is 24.8 Å². The number of thiazole rings is 1. The van der Waals surface area contributed by atoms with Crippen LogP contribution in [0.2, 0.25) is 0 Å². The van der Waals surface area contributed by atoms with Crippen molar-refractivity contribution in [2.75, 3.05) is 47.2 Å². The van der Waals surface area contributed by atoms with Gasteiger partial charge in [0, 0.05) is 71.0 Å². The monoisotopic (exact) mass is 525 g/mol. The Kier molecular flexibility index (Phi) is 7.93. The minimum atomic E-state index is -3.64. The number of piperazine rings is 1. The lowest BCUT2D eigenvalue weighted by Crippen LogP contribution is -2.43. The van der Waals surface area contributed by atoms with Crippen LogP contribution in [0, 0.1) is 11.6 Å². The molecule has 1 aromatic heterocycles. The molecule has 0 radical (unpaired) electrons. The van der Waals surface area contributed by atoms with Gasteiger partial charge < -0.3 is 15.1 Å². The van der Waals surface area contributed by atoms with Crippen LogP contribution in [0.1, 0.15) is 15.7 Å². The van der Waals surface area contributed by atoms with Gasteiger partial charge in [-0.2, -0.15) is 0 Å². The molecular weight excluding hydrogens is 496 g/mol. The molecule has 12 heteroatoms. The number of nitrogens with one attached hydrogen (secondary N) is 2. The van der Waals surface area contributed by atoms with E-state index in [0.717, 1.165) is 44.4 Å². The maximum Gasteiger partial charge on any atom is 0.263 e. The van der Waals surface area contributed by atoms with Crippen LogP contribution in [-0.2, 0) is 14.8 Å². The second-order valence-electron chi connectivity index (χ2n) is 7.95. The molecule has 0 atom stereocenters. The first kappa shape index (κ1) is 25.0. The molecule has 35 heavy (non-hydrogen) atoms. The van der Waals surface area contributed by atoms with Gasteiger partial charge in [0.15, 0.2) is 5.13 Å². The van der Waals surface area contributed by atoms with Gasteiger partial charge in [0.2, 0.25) is 5.91 Å². The fourth-order valence-corrected chi connectivity index (χ4v) is 5.61. The largest absolute Gasteiger partial charge is 0.369 e. The standard InChI is InChI=1S/C13H13N3O3S2.C10H12F2N2.2H2/c17-12-2-1-8-16(12)10-3-5-11(6-4-10)21(18,19)15-13-14-7-9-20-13;11-8-5-9(12)7-10(6-8)14-3-1-13-2-4-14;;/h3-7,9H,1-2,8H2,(H,14,15);5-7,13H,1-4H2;2*1H. The topological polar surface area (TPSA) is 94.6 Å². The molecule has 0 aliphatic carbocycles. The van der Waals surface area contributed by atoms with Crippen LogP contribution in [0.25, 0.3) is 0 Å². The van der Waals surface area contributed by atoms with E-state index in [9.17, 15) is 22.0 Å². The molecule has 8 nitrogen and oxygen atoms in total. The molecule has 0 spiro atoms. The lowest BCUT2D eigenvalue weighted by atomic mass is 10.2. The van der Waals surface area contributed by atoms with Crippen molar-refractivity contribution in [1.82, 2.24) is 10.3 Å². The zero-order chi connectivity index (χ0) is 24.8. The van der Waals surface area contributed by atoms with Gasteiger partial charge in [0.25, 0.3) is 10.0 Å². The highest BCUT2D eigenvalue weighted by atomic mass is 32.2. The summed E-state index contributed by atoms with van der Waals surface area (Å²) in [6.07, 6.45) is 2.92. The van der Waals surface area contributed by atoms with Crippen LogP contribution in [-0.4, -0.2) is 52.0 Å². The average Bonchev–Trinajstić information content (AvgIpc) is 3.51. The lowest BCUT2D eigenvalue weighted by molar-refractivity contribution is -0.117. The summed E-state index contributed by atoms with van der Waals surface area (Å²) in [7, 11) is -3.64. The van der Waals surface area contributed by atoms with E-state index < -0.39 is 21.7 Å². The molecule has 2 saturated heterocycles. The number of anilines is 3. The predicted molar refractivity (Wildman–Crippen MR) is 137 cm³/mol. The third kappa shape index (κ3) is 6.53. The Morgan fingerprint density at radius 1 is 1.00 bits per heavy atom. The Bertz CT molecular complexity index is 1240. The summed E-state index contributed by atoms with van der Waals surface area (Å²) in [5.74, 6) is -0.955. The zero-order valence-electron chi connectivity index (χ0n) is 18.8. The Morgan fingerprint density at radius 3 is 2.26 bits per heavy atom. The predicted octanol–water partition coefficient (Wildman–Crippen LogP) is 3.94. The molecule has 0 saturated carbocycles. The highest BCUT2D eigenvalue weighted by molar-refractivity contribution is 7.93. The summed E-state index contributed by atoms with van der Waals surface area (Å²) >= 11 is 1.21. The van der Waals surface area contributed by atoms with Crippen molar-refractivity contribution in [3.63, 3.8) is 0 Å². The van der Waals surface area contributed by atoms with Crippen LogP contribution in [0.3, 0.4) is 0 Å². The normalized spacial score (nSPS) is 16.1. The molecule has 2 aliphatic heterocycles. The molecule has 2 N–H and O–H groups in total. The van der Waals surface area contributed by atoms with E-state index >= 15 is 0 Å². The average molecular weight is 526 g/mol. The number of benzene rings is 2. The maximum atomic E-state index is 12.9. The highest BCUT2D eigenvalue weighted by Crippen LogP contribution is 2.24. The van der Waals surface area contributed by atoms with Crippen LogP contribution >= 0.6 is 11.3 Å². The van der Waals surface area contributed by atoms with E-state index in [-0.39, 0.29) is 13.7 Å². The summed E-state index contributed by atoms with van der Waals surface area (Å²) in [5, 5.41) is 5.21. The summed E-state index contributed by atoms with van der Waals surface area (Å²) in [6.45, 7) is 3.99. The number of hydrogen-bond donors (Lipinski definition) is 2. The molecule has 2 aromatic carbocycles. The minimum absolute atomic E-state index is 0. The molecule has 2 aliphatic rings. The quantitative estimate of drug-likeness (QED) is 0.524. The Labute approximate surface area is 209 Å². The molecule has 2 fully saturated rings. The second kappa shape index (κ2) is 11.1. The Morgan fingerprint density at radius 2 is 1.69 bits per heavy atom. The number of carbonyl (C=O) groups excluding carboxylic acids is 1. The van der Waals surface area contributed by atoms with E-state index in [1.807, 2.05) is 4.90 Å². The smallest absolute Gasteiger partial charge is 0.263 e. The SMILES string of the molecule is Fc1cc(F)cc(N2CCNCC2)c1.O=C1CCCN1c1ccc(S(=O)(=O)Nc2nccs2)cc1.[HH].[HH]. The van der Waals surface area contributed by atoms with Crippen molar-refractivity contribution >= 4 is 43.8 Å². The third-order valence-electron chi connectivity index (χ3n) is 5.52. The van der Waals surface area contributed by atoms with E-state index in [2.05, 4.69) is 15.0 Å². The number of hydrogen-bond acceptors (Lipinski definition) is 7. The Balaban J connectivity index is 0.000000265. The molecule has 3 aromatic rings. The lowest BCUT2D eigenvalue weighted by Gasteiger charge is -2.29. The molecule has 3 heterocycles. The van der Waals surface area contributed by atoms with Crippen molar-refractivity contribution in [1.29, 1.82) is 0 Å². The zero-order valence-corrected chi connectivity index (χ0v) is 20.4. The van der Waals surface area contributed by atoms with Crippen LogP contribution in [0.4, 0.5) is 25.3 Å². The van der Waals surface area contributed by atoms with E-state index in [0.29, 0.717) is 23.8 Å². The van der Waals surface area contributed by atoms with Gasteiger partial charge in [-0.15, -0.1) is 11.3 Å². The molecule has 1 amide bonds. The molecule has 190 valence electrons. The van der Waals surface area contributed by atoms with Gasteiger partial charge >= 0.3 is 0 Å². The van der Waals surface area contributed by atoms with Gasteiger partial charge in [-0.05, 0) is 42.8 Å². The van der Waals surface area contributed by atoms with E-state index in [4.69, 9.17) is 0 Å². The first-order valence-electron chi connectivity index (χ1n) is 11.1. The van der Waals surface area contributed by atoms with Crippen molar-refractivity contribution in [2.24, 2.45) is 0 Å². The number of sulfonamides is 1.